The van der Waals surface area contributed by atoms with E-state index in [1.165, 1.54) is 13.8 Å². The van der Waals surface area contributed by atoms with Gasteiger partial charge >= 0.3 is 11.7 Å². The molecule has 0 amide bonds. The van der Waals surface area contributed by atoms with E-state index in [2.05, 4.69) is 0 Å². The fraction of sp³-hybridized carbons (Fsp3) is 0.600. The van der Waals surface area contributed by atoms with Gasteiger partial charge in [-0.15, -0.1) is 0 Å². The van der Waals surface area contributed by atoms with Gasteiger partial charge < -0.3 is 4.74 Å². The SMILES string of the molecule is CCCOC(=O)c1c(CC(C)C)n(C(C)=O)c(=O)n1C(C)=O. The van der Waals surface area contributed by atoms with Gasteiger partial charge in [0.1, 0.15) is 0 Å². The van der Waals surface area contributed by atoms with Crippen LogP contribution in [0.3, 0.4) is 0 Å². The first-order valence-electron chi connectivity index (χ1n) is 7.27. The van der Waals surface area contributed by atoms with Crippen LogP contribution < -0.4 is 5.69 Å². The van der Waals surface area contributed by atoms with Crippen LogP contribution in [0.2, 0.25) is 0 Å². The Morgan fingerprint density at radius 1 is 1.09 bits per heavy atom. The van der Waals surface area contributed by atoms with E-state index in [0.29, 0.717) is 12.8 Å². The summed E-state index contributed by atoms with van der Waals surface area (Å²) in [5, 5.41) is 0. The number of carbonyl (C=O) groups is 3. The van der Waals surface area contributed by atoms with Crippen molar-refractivity contribution < 1.29 is 19.1 Å². The lowest BCUT2D eigenvalue weighted by molar-refractivity contribution is 0.0486. The van der Waals surface area contributed by atoms with Crippen LogP contribution in [-0.4, -0.2) is 33.5 Å². The number of aromatic nitrogens is 2. The summed E-state index contributed by atoms with van der Waals surface area (Å²) in [6.45, 7) is 8.18. The highest BCUT2D eigenvalue weighted by Gasteiger charge is 2.30. The van der Waals surface area contributed by atoms with E-state index in [-0.39, 0.29) is 23.9 Å². The number of hydrogen-bond acceptors (Lipinski definition) is 5. The molecular formula is C15H22N2O5. The van der Waals surface area contributed by atoms with Crippen molar-refractivity contribution in [1.82, 2.24) is 9.13 Å². The zero-order chi connectivity index (χ0) is 17.0. The molecule has 0 unspecified atom stereocenters. The maximum Gasteiger partial charge on any atom is 0.357 e. The van der Waals surface area contributed by atoms with Crippen molar-refractivity contribution in [2.24, 2.45) is 5.92 Å². The third-order valence-corrected chi connectivity index (χ3v) is 3.01. The number of nitrogens with zero attached hydrogens (tertiary/aromatic N) is 2. The van der Waals surface area contributed by atoms with Crippen molar-refractivity contribution in [3.63, 3.8) is 0 Å². The summed E-state index contributed by atoms with van der Waals surface area (Å²) in [5.74, 6) is -1.83. The molecule has 7 heteroatoms. The summed E-state index contributed by atoms with van der Waals surface area (Å²) in [4.78, 5) is 48.1. The summed E-state index contributed by atoms with van der Waals surface area (Å²) in [6.07, 6.45) is 0.925. The van der Waals surface area contributed by atoms with Gasteiger partial charge in [0.15, 0.2) is 5.69 Å². The first-order valence-corrected chi connectivity index (χ1v) is 7.27. The zero-order valence-electron chi connectivity index (χ0n) is 13.6. The van der Waals surface area contributed by atoms with Crippen molar-refractivity contribution in [2.45, 2.75) is 47.5 Å². The van der Waals surface area contributed by atoms with Crippen molar-refractivity contribution in [1.29, 1.82) is 0 Å². The Labute approximate surface area is 128 Å². The fourth-order valence-electron chi connectivity index (χ4n) is 2.21. The maximum absolute atomic E-state index is 12.3. The van der Waals surface area contributed by atoms with Crippen molar-refractivity contribution >= 4 is 17.8 Å². The minimum atomic E-state index is -0.820. The summed E-state index contributed by atoms with van der Waals surface area (Å²) < 4.78 is 6.66. The molecule has 0 spiro atoms. The van der Waals surface area contributed by atoms with E-state index < -0.39 is 23.5 Å². The lowest BCUT2D eigenvalue weighted by atomic mass is 10.1. The molecule has 1 heterocycles. The molecule has 0 bridgehead atoms. The molecule has 0 aromatic carbocycles. The van der Waals surface area contributed by atoms with Crippen LogP contribution in [0.4, 0.5) is 0 Å². The molecule has 1 rings (SSSR count). The molecule has 0 saturated heterocycles. The minimum absolute atomic E-state index is 0.0885. The standard InChI is InChI=1S/C15H22N2O5/c1-6-7-22-14(20)13-12(8-9(2)3)16(10(4)18)15(21)17(13)11(5)19/h9H,6-8H2,1-5H3. The highest BCUT2D eigenvalue weighted by atomic mass is 16.5. The van der Waals surface area contributed by atoms with E-state index in [0.717, 1.165) is 9.13 Å². The number of hydrogen-bond donors (Lipinski definition) is 0. The average molecular weight is 310 g/mol. The molecule has 0 radical (unpaired) electrons. The summed E-state index contributed by atoms with van der Waals surface area (Å²) in [5.41, 5.74) is -0.738. The third-order valence-electron chi connectivity index (χ3n) is 3.01. The van der Waals surface area contributed by atoms with E-state index in [1.807, 2.05) is 20.8 Å². The van der Waals surface area contributed by atoms with Gasteiger partial charge in [0.05, 0.1) is 12.3 Å². The topological polar surface area (TPSA) is 87.4 Å². The first-order chi connectivity index (χ1) is 10.2. The minimum Gasteiger partial charge on any atom is -0.461 e. The largest absolute Gasteiger partial charge is 0.461 e. The Morgan fingerprint density at radius 3 is 2.05 bits per heavy atom. The quantitative estimate of drug-likeness (QED) is 0.773. The van der Waals surface area contributed by atoms with E-state index in [9.17, 15) is 19.2 Å². The Bertz CT molecular complexity index is 652. The van der Waals surface area contributed by atoms with Gasteiger partial charge in [0, 0.05) is 13.8 Å². The molecule has 0 atom stereocenters. The van der Waals surface area contributed by atoms with Gasteiger partial charge in [-0.2, -0.15) is 0 Å². The van der Waals surface area contributed by atoms with Gasteiger partial charge in [0.25, 0.3) is 0 Å². The summed E-state index contributed by atoms with van der Waals surface area (Å²) in [6, 6.07) is 0. The zero-order valence-corrected chi connectivity index (χ0v) is 13.6. The predicted octanol–water partition coefficient (Wildman–Crippen LogP) is 1.74. The molecule has 0 saturated carbocycles. The van der Waals surface area contributed by atoms with Crippen molar-refractivity contribution in [3.8, 4) is 0 Å². The second-order valence-electron chi connectivity index (χ2n) is 5.52. The van der Waals surface area contributed by atoms with Crippen LogP contribution in [0.25, 0.3) is 0 Å². The molecular weight excluding hydrogens is 288 g/mol. The molecule has 7 nitrogen and oxygen atoms in total. The maximum atomic E-state index is 12.3. The molecule has 122 valence electrons. The van der Waals surface area contributed by atoms with Crippen LogP contribution in [-0.2, 0) is 11.2 Å². The van der Waals surface area contributed by atoms with Crippen LogP contribution in [0, 0.1) is 5.92 Å². The Balaban J connectivity index is 3.64. The Morgan fingerprint density at radius 2 is 1.64 bits per heavy atom. The molecule has 1 aromatic rings. The fourth-order valence-corrected chi connectivity index (χ4v) is 2.21. The van der Waals surface area contributed by atoms with Crippen molar-refractivity contribution in [2.75, 3.05) is 6.61 Å². The number of esters is 1. The van der Waals surface area contributed by atoms with Gasteiger partial charge in [0.2, 0.25) is 11.8 Å². The third kappa shape index (κ3) is 3.52. The second-order valence-corrected chi connectivity index (χ2v) is 5.52. The van der Waals surface area contributed by atoms with Gasteiger partial charge in [-0.1, -0.05) is 20.8 Å². The summed E-state index contributed by atoms with van der Waals surface area (Å²) >= 11 is 0. The van der Waals surface area contributed by atoms with Crippen LogP contribution in [0.15, 0.2) is 4.79 Å². The normalized spacial score (nSPS) is 10.8. The molecule has 0 aliphatic carbocycles. The molecule has 0 fully saturated rings. The lowest BCUT2D eigenvalue weighted by Gasteiger charge is -2.10. The highest BCUT2D eigenvalue weighted by molar-refractivity contribution is 5.95. The average Bonchev–Trinajstić information content (AvgIpc) is 2.67. The van der Waals surface area contributed by atoms with Gasteiger partial charge in [-0.3, -0.25) is 9.59 Å². The van der Waals surface area contributed by atoms with Crippen LogP contribution in [0.5, 0.6) is 0 Å². The Kier molecular flexibility index (Phi) is 5.84. The smallest absolute Gasteiger partial charge is 0.357 e. The summed E-state index contributed by atoms with van der Waals surface area (Å²) in [7, 11) is 0. The molecule has 0 N–H and O–H groups in total. The molecule has 1 aromatic heterocycles. The number of carbonyl (C=O) groups excluding carboxylic acids is 3. The van der Waals surface area contributed by atoms with Crippen LogP contribution >= 0.6 is 0 Å². The van der Waals surface area contributed by atoms with Gasteiger partial charge in [-0.05, 0) is 18.8 Å². The number of rotatable bonds is 5. The molecule has 0 aliphatic rings. The number of imidazole rings is 1. The number of ether oxygens (including phenoxy) is 1. The highest BCUT2D eigenvalue weighted by Crippen LogP contribution is 2.15. The van der Waals surface area contributed by atoms with E-state index in [1.54, 1.807) is 0 Å². The van der Waals surface area contributed by atoms with E-state index >= 15 is 0 Å². The molecule has 22 heavy (non-hydrogen) atoms. The van der Waals surface area contributed by atoms with Crippen LogP contribution in [0.1, 0.15) is 66.8 Å². The van der Waals surface area contributed by atoms with Gasteiger partial charge in [-0.25, -0.2) is 18.7 Å². The lowest BCUT2D eigenvalue weighted by Crippen LogP contribution is -2.32. The first kappa shape index (κ1) is 17.9. The second kappa shape index (κ2) is 7.20. The Hall–Kier alpha value is -2.18. The van der Waals surface area contributed by atoms with E-state index in [4.69, 9.17) is 4.74 Å². The predicted molar refractivity (Wildman–Crippen MR) is 80.4 cm³/mol. The van der Waals surface area contributed by atoms with Crippen molar-refractivity contribution in [3.05, 3.63) is 21.9 Å². The molecule has 0 aliphatic heterocycles. The monoisotopic (exact) mass is 310 g/mol.